The van der Waals surface area contributed by atoms with Crippen LogP contribution in [0, 0.1) is 24.7 Å². The molecule has 1 unspecified atom stereocenters. The second-order valence-corrected chi connectivity index (χ2v) is 21.0. The highest BCUT2D eigenvalue weighted by molar-refractivity contribution is 7.84. The maximum Gasteiger partial charge on any atom is 0.270 e. The van der Waals surface area contributed by atoms with Crippen molar-refractivity contribution in [3.63, 3.8) is 0 Å². The molecule has 0 bridgehead atoms. The lowest BCUT2D eigenvalue weighted by Crippen LogP contribution is -2.49. The Morgan fingerprint density at radius 1 is 1.15 bits per heavy atom. The number of carbonyl (C=O) groups excluding carboxylic acids is 2. The summed E-state index contributed by atoms with van der Waals surface area (Å²) in [5, 5.41) is 14.5. The molecule has 2 atom stereocenters. The van der Waals surface area contributed by atoms with E-state index in [2.05, 4.69) is 52.4 Å². The van der Waals surface area contributed by atoms with E-state index in [1.165, 1.54) is 10.9 Å². The lowest BCUT2D eigenvalue weighted by atomic mass is 9.79. The van der Waals surface area contributed by atoms with Gasteiger partial charge in [0.1, 0.15) is 24.3 Å². The minimum absolute atomic E-state index is 0.0629. The molecule has 1 aliphatic rings. The van der Waals surface area contributed by atoms with Crippen LogP contribution in [0.5, 0.6) is 0 Å². The van der Waals surface area contributed by atoms with Gasteiger partial charge in [-0.25, -0.2) is 9.67 Å². The zero-order valence-corrected chi connectivity index (χ0v) is 30.6. The smallest absolute Gasteiger partial charge is 0.270 e. The second-order valence-electron chi connectivity index (χ2n) is 13.8. The van der Waals surface area contributed by atoms with Gasteiger partial charge in [0.25, 0.3) is 5.91 Å². The van der Waals surface area contributed by atoms with Crippen molar-refractivity contribution in [2.75, 3.05) is 23.9 Å². The Kier molecular flexibility index (Phi) is 12.7. The van der Waals surface area contributed by atoms with Gasteiger partial charge in [-0.1, -0.05) is 46.3 Å². The Balaban J connectivity index is 1.51. The van der Waals surface area contributed by atoms with E-state index < -0.39 is 42.7 Å². The highest BCUT2D eigenvalue weighted by Gasteiger charge is 2.34. The van der Waals surface area contributed by atoms with Gasteiger partial charge in [0, 0.05) is 60.5 Å². The van der Waals surface area contributed by atoms with Crippen molar-refractivity contribution in [2.45, 2.75) is 97.9 Å². The number of hydrogen-bond donors (Lipinski definition) is 2. The molecule has 0 aromatic carbocycles. The first kappa shape index (κ1) is 36.6. The molecule has 3 aromatic rings. The molecule has 4 rings (SSSR count). The maximum atomic E-state index is 15.7. The van der Waals surface area contributed by atoms with Crippen molar-refractivity contribution in [2.24, 2.45) is 11.8 Å². The van der Waals surface area contributed by atoms with E-state index in [1.54, 1.807) is 29.1 Å². The number of amides is 2. The minimum atomic E-state index is -1.23. The molecular weight excluding hydrogens is 638 g/mol. The highest BCUT2D eigenvalue weighted by atomic mass is 32.2. The average molecular weight is 688 g/mol. The molecule has 3 aromatic heterocycles. The summed E-state index contributed by atoms with van der Waals surface area (Å²) in [5.41, 5.74) is 2.79. The third-order valence-electron chi connectivity index (χ3n) is 8.79. The van der Waals surface area contributed by atoms with Crippen molar-refractivity contribution >= 4 is 36.5 Å². The third kappa shape index (κ3) is 9.89. The Hall–Kier alpha value is -3.23. The van der Waals surface area contributed by atoms with Crippen LogP contribution >= 0.6 is 0 Å². The number of aryl methyl sites for hydroxylation is 2. The molecular formula is C33H50FN7O4SSi. The number of pyridine rings is 1. The van der Waals surface area contributed by atoms with Crippen molar-refractivity contribution in [1.29, 1.82) is 0 Å². The SMILES string of the molecule is CCc1c(-c2ccc(NC(=O)[C@@H](NC(=O)c3ccnn3CCS(C)=O)C3CCC(C)CC3)nc2F)c(C)nn1COCC[Si](C)(C)C. The molecule has 1 saturated carbocycles. The molecule has 0 spiro atoms. The summed E-state index contributed by atoms with van der Waals surface area (Å²) < 4.78 is 36.5. The van der Waals surface area contributed by atoms with Gasteiger partial charge in [0.15, 0.2) is 0 Å². The van der Waals surface area contributed by atoms with Crippen LogP contribution in [-0.4, -0.2) is 73.3 Å². The zero-order chi connectivity index (χ0) is 34.3. The molecule has 1 aliphatic carbocycles. The minimum Gasteiger partial charge on any atom is -0.360 e. The lowest BCUT2D eigenvalue weighted by Gasteiger charge is -2.32. The number of hydrogen-bond acceptors (Lipinski definition) is 7. The first-order valence-corrected chi connectivity index (χ1v) is 21.9. The van der Waals surface area contributed by atoms with Crippen LogP contribution in [0.15, 0.2) is 24.4 Å². The number of halogens is 1. The van der Waals surface area contributed by atoms with Crippen LogP contribution in [0.25, 0.3) is 11.1 Å². The third-order valence-corrected chi connectivity index (χ3v) is 11.2. The van der Waals surface area contributed by atoms with Crippen molar-refractivity contribution < 1.29 is 22.9 Å². The molecule has 0 saturated heterocycles. The van der Waals surface area contributed by atoms with Crippen molar-refractivity contribution in [3.8, 4) is 11.1 Å². The summed E-state index contributed by atoms with van der Waals surface area (Å²) in [6, 6.07) is 4.97. The lowest BCUT2D eigenvalue weighted by molar-refractivity contribution is -0.119. The molecule has 1 fully saturated rings. The highest BCUT2D eigenvalue weighted by Crippen LogP contribution is 2.32. The number of nitrogens with one attached hydrogen (secondary N) is 2. The van der Waals surface area contributed by atoms with Crippen molar-refractivity contribution in [1.82, 2.24) is 29.9 Å². The quantitative estimate of drug-likeness (QED) is 0.124. The second kappa shape index (κ2) is 16.2. The summed E-state index contributed by atoms with van der Waals surface area (Å²) >= 11 is 0. The summed E-state index contributed by atoms with van der Waals surface area (Å²) in [6.07, 6.45) is 7.18. The van der Waals surface area contributed by atoms with Gasteiger partial charge in [-0.05, 0) is 62.3 Å². The van der Waals surface area contributed by atoms with Crippen LogP contribution < -0.4 is 10.6 Å². The van der Waals surface area contributed by atoms with Crippen LogP contribution in [-0.2, 0) is 40.0 Å². The normalized spacial score (nSPS) is 18.1. The van der Waals surface area contributed by atoms with Gasteiger partial charge >= 0.3 is 0 Å². The van der Waals surface area contributed by atoms with Gasteiger partial charge in [0.05, 0.1) is 12.2 Å². The molecule has 3 heterocycles. The molecule has 0 radical (unpaired) electrons. The van der Waals surface area contributed by atoms with Crippen LogP contribution in [0.2, 0.25) is 25.7 Å². The molecule has 2 N–H and O–H groups in total. The number of rotatable bonds is 15. The van der Waals surface area contributed by atoms with Gasteiger partial charge < -0.3 is 15.4 Å². The fourth-order valence-corrected chi connectivity index (χ4v) is 7.21. The Morgan fingerprint density at radius 3 is 2.51 bits per heavy atom. The van der Waals surface area contributed by atoms with Crippen molar-refractivity contribution in [3.05, 3.63) is 47.4 Å². The Morgan fingerprint density at radius 2 is 1.87 bits per heavy atom. The largest absolute Gasteiger partial charge is 0.360 e. The Bertz CT molecular complexity index is 1560. The summed E-state index contributed by atoms with van der Waals surface area (Å²) in [6.45, 7) is 14.2. The van der Waals surface area contributed by atoms with E-state index >= 15 is 4.39 Å². The number of ether oxygens (including phenoxy) is 1. The van der Waals surface area contributed by atoms with Crippen LogP contribution in [0.1, 0.15) is 61.4 Å². The molecule has 47 heavy (non-hydrogen) atoms. The molecule has 11 nitrogen and oxygen atoms in total. The van der Waals surface area contributed by atoms with E-state index in [1.807, 2.05) is 13.8 Å². The van der Waals surface area contributed by atoms with Gasteiger partial charge in [-0.2, -0.15) is 14.6 Å². The number of anilines is 1. The van der Waals surface area contributed by atoms with Crippen LogP contribution in [0.4, 0.5) is 10.2 Å². The number of aromatic nitrogens is 5. The van der Waals surface area contributed by atoms with E-state index in [9.17, 15) is 13.8 Å². The molecule has 258 valence electrons. The van der Waals surface area contributed by atoms with E-state index in [0.717, 1.165) is 37.4 Å². The molecule has 0 aliphatic heterocycles. The van der Waals surface area contributed by atoms with E-state index in [4.69, 9.17) is 4.74 Å². The van der Waals surface area contributed by atoms with E-state index in [-0.39, 0.29) is 17.4 Å². The molecule has 14 heteroatoms. The topological polar surface area (TPSA) is 133 Å². The van der Waals surface area contributed by atoms with Gasteiger partial charge in [-0.15, -0.1) is 0 Å². The maximum absolute atomic E-state index is 15.7. The van der Waals surface area contributed by atoms with Gasteiger partial charge in [-0.3, -0.25) is 18.5 Å². The Labute approximate surface area is 280 Å². The fourth-order valence-electron chi connectivity index (χ4n) is 6.02. The number of carbonyl (C=O) groups is 2. The summed E-state index contributed by atoms with van der Waals surface area (Å²) in [5.74, 6) is -0.743. The fraction of sp³-hybridized carbons (Fsp3) is 0.606. The monoisotopic (exact) mass is 687 g/mol. The average Bonchev–Trinajstić information content (AvgIpc) is 3.61. The predicted octanol–water partition coefficient (Wildman–Crippen LogP) is 5.41. The van der Waals surface area contributed by atoms with Gasteiger partial charge in [0.2, 0.25) is 11.9 Å². The standard InChI is InChI=1S/C33H50FN7O4SSi/c1-8-26-29(23(3)39-41(26)21-45-18-20-47(5,6)7)25-13-14-28(36-31(25)34)37-33(43)30(24-11-9-22(2)10-12-24)38-32(42)27-15-16-35-40(27)17-19-46(4)44/h13-16,22,24,30H,8-12,17-21H2,1-7H3,(H,38,42)(H,36,37,43)/t22?,24?,30-,46?/m0/s1. The zero-order valence-electron chi connectivity index (χ0n) is 28.8. The first-order chi connectivity index (χ1) is 22.3. The first-order valence-electron chi connectivity index (χ1n) is 16.5. The summed E-state index contributed by atoms with van der Waals surface area (Å²) in [4.78, 5) is 31.3. The molecule has 2 amide bonds. The van der Waals surface area contributed by atoms with Crippen LogP contribution in [0.3, 0.4) is 0 Å². The number of nitrogens with zero attached hydrogens (tertiary/aromatic N) is 5. The summed E-state index contributed by atoms with van der Waals surface area (Å²) in [7, 11) is -2.27. The predicted molar refractivity (Wildman–Crippen MR) is 186 cm³/mol. The van der Waals surface area contributed by atoms with E-state index in [0.29, 0.717) is 54.8 Å².